The maximum Gasteiger partial charge on any atom is 0.335 e. The second-order valence-electron chi connectivity index (χ2n) is 9.89. The third-order valence-electron chi connectivity index (χ3n) is 7.86. The molecule has 0 aliphatic carbocycles. The lowest BCUT2D eigenvalue weighted by Crippen LogP contribution is -2.51. The van der Waals surface area contributed by atoms with E-state index in [0.717, 1.165) is 16.9 Å². The van der Waals surface area contributed by atoms with Crippen LogP contribution in [0.5, 0.6) is 5.75 Å². The van der Waals surface area contributed by atoms with Crippen LogP contribution in [-0.4, -0.2) is 47.0 Å². The van der Waals surface area contributed by atoms with Gasteiger partial charge in [0.05, 0.1) is 18.1 Å². The van der Waals surface area contributed by atoms with E-state index in [0.29, 0.717) is 42.5 Å². The maximum absolute atomic E-state index is 13.8. The van der Waals surface area contributed by atoms with E-state index in [4.69, 9.17) is 16.3 Å². The van der Waals surface area contributed by atoms with E-state index in [1.54, 1.807) is 29.2 Å². The highest BCUT2D eigenvalue weighted by Crippen LogP contribution is 2.55. The van der Waals surface area contributed by atoms with Crippen molar-refractivity contribution < 1.29 is 24.2 Å². The van der Waals surface area contributed by atoms with Crippen molar-refractivity contribution in [2.24, 2.45) is 5.92 Å². The number of aromatic carboxylic acids is 1. The van der Waals surface area contributed by atoms with Crippen molar-refractivity contribution in [3.8, 4) is 5.75 Å². The van der Waals surface area contributed by atoms with Crippen LogP contribution in [0.3, 0.4) is 0 Å². The first kappa shape index (κ1) is 24.5. The largest absolute Gasteiger partial charge is 0.494 e. The molecule has 2 fully saturated rings. The second kappa shape index (κ2) is 9.15. The Kier molecular flexibility index (Phi) is 5.89. The predicted molar refractivity (Wildman–Crippen MR) is 143 cm³/mol. The number of hydrogen-bond donors (Lipinski definition) is 2. The van der Waals surface area contributed by atoms with Crippen molar-refractivity contribution >= 4 is 40.8 Å². The van der Waals surface area contributed by atoms with Gasteiger partial charge in [-0.15, -0.1) is 0 Å². The third-order valence-corrected chi connectivity index (χ3v) is 8.10. The number of nitrogens with one attached hydrogen (secondary N) is 1. The Morgan fingerprint density at radius 3 is 2.66 bits per heavy atom. The first-order valence-corrected chi connectivity index (χ1v) is 12.9. The standard InChI is InChI=1S/C29H26ClN3O5/c1-2-38-21-5-3-4-17(12-21)15-33-25-16-32(20-9-6-18(7-10-20)27(35)36)26(34)22(25)14-29(33)23-11-8-19(30)13-24(23)31-28(29)37/h3-13,22,25H,2,14-16H2,1H3,(H,31,37)(H,35,36)/t22-,25-,29-/m1/s1. The molecule has 0 radical (unpaired) electrons. The number of likely N-dealkylation sites (tertiary alicyclic amines) is 1. The normalized spacial score (nSPS) is 24.0. The SMILES string of the molecule is CCOc1cccc(CN2[C@@H]3CN(c4ccc(C(=O)O)cc4)C(=O)[C@@H]3C[C@@]23C(=O)Nc2cc(Cl)ccc23)c1. The van der Waals surface area contributed by atoms with Crippen LogP contribution in [0.2, 0.25) is 5.02 Å². The number of carboxylic acid groups (broad SMARTS) is 1. The molecule has 0 unspecified atom stereocenters. The molecule has 3 aliphatic rings. The number of carbonyl (C=O) groups excluding carboxylic acids is 2. The highest BCUT2D eigenvalue weighted by Gasteiger charge is 2.64. The smallest absolute Gasteiger partial charge is 0.335 e. The van der Waals surface area contributed by atoms with Gasteiger partial charge in [-0.05, 0) is 67.4 Å². The number of anilines is 2. The summed E-state index contributed by atoms with van der Waals surface area (Å²) in [5, 5.41) is 12.8. The summed E-state index contributed by atoms with van der Waals surface area (Å²) in [7, 11) is 0. The monoisotopic (exact) mass is 531 g/mol. The van der Waals surface area contributed by atoms with E-state index >= 15 is 0 Å². The average molecular weight is 532 g/mol. The van der Waals surface area contributed by atoms with E-state index in [1.807, 2.05) is 37.3 Å². The molecule has 3 heterocycles. The molecule has 2 N–H and O–H groups in total. The minimum Gasteiger partial charge on any atom is -0.494 e. The van der Waals surface area contributed by atoms with Crippen LogP contribution >= 0.6 is 11.6 Å². The number of carboxylic acids is 1. The summed E-state index contributed by atoms with van der Waals surface area (Å²) in [6.07, 6.45) is 0.339. The van der Waals surface area contributed by atoms with Crippen LogP contribution < -0.4 is 15.0 Å². The summed E-state index contributed by atoms with van der Waals surface area (Å²) in [6.45, 7) is 3.30. The average Bonchev–Trinajstić information content (AvgIpc) is 3.49. The zero-order chi connectivity index (χ0) is 26.6. The highest BCUT2D eigenvalue weighted by atomic mass is 35.5. The Balaban J connectivity index is 1.40. The van der Waals surface area contributed by atoms with Gasteiger partial charge in [-0.3, -0.25) is 14.5 Å². The van der Waals surface area contributed by atoms with Crippen molar-refractivity contribution in [1.82, 2.24) is 4.90 Å². The summed E-state index contributed by atoms with van der Waals surface area (Å²) in [6, 6.07) is 19.3. The number of amides is 2. The van der Waals surface area contributed by atoms with Gasteiger partial charge in [-0.1, -0.05) is 29.8 Å². The molecule has 3 aliphatic heterocycles. The van der Waals surface area contributed by atoms with Crippen molar-refractivity contribution in [3.05, 3.63) is 88.4 Å². The van der Waals surface area contributed by atoms with E-state index in [1.165, 1.54) is 12.1 Å². The first-order valence-electron chi connectivity index (χ1n) is 12.6. The van der Waals surface area contributed by atoms with Gasteiger partial charge < -0.3 is 20.1 Å². The molecule has 2 saturated heterocycles. The molecule has 2 amide bonds. The zero-order valence-corrected chi connectivity index (χ0v) is 21.4. The number of rotatable bonds is 6. The fraction of sp³-hybridized carbons (Fsp3) is 0.276. The number of halogens is 1. The lowest BCUT2D eigenvalue weighted by atomic mass is 9.85. The van der Waals surface area contributed by atoms with E-state index < -0.39 is 17.4 Å². The van der Waals surface area contributed by atoms with Crippen LogP contribution in [0.15, 0.2) is 66.7 Å². The molecule has 38 heavy (non-hydrogen) atoms. The lowest BCUT2D eigenvalue weighted by molar-refractivity contribution is -0.127. The van der Waals surface area contributed by atoms with Crippen molar-refractivity contribution in [1.29, 1.82) is 0 Å². The van der Waals surface area contributed by atoms with E-state index in [-0.39, 0.29) is 23.4 Å². The molecule has 0 bridgehead atoms. The quantitative estimate of drug-likeness (QED) is 0.485. The number of ether oxygens (including phenoxy) is 1. The molecule has 0 saturated carbocycles. The Hall–Kier alpha value is -3.88. The Morgan fingerprint density at radius 1 is 1.13 bits per heavy atom. The van der Waals surface area contributed by atoms with Crippen molar-refractivity contribution in [2.45, 2.75) is 31.5 Å². The van der Waals surface area contributed by atoms with Gasteiger partial charge in [0, 0.05) is 41.1 Å². The number of nitrogens with zero attached hydrogens (tertiary/aromatic N) is 2. The summed E-state index contributed by atoms with van der Waals surface area (Å²) < 4.78 is 5.71. The van der Waals surface area contributed by atoms with Crippen molar-refractivity contribution in [3.63, 3.8) is 0 Å². The number of carbonyl (C=O) groups is 3. The maximum atomic E-state index is 13.8. The fourth-order valence-corrected chi connectivity index (χ4v) is 6.38. The van der Waals surface area contributed by atoms with Crippen LogP contribution in [-0.2, 0) is 21.7 Å². The molecule has 8 nitrogen and oxygen atoms in total. The Labute approximate surface area is 224 Å². The van der Waals surface area contributed by atoms with Gasteiger partial charge in [0.2, 0.25) is 11.8 Å². The molecule has 194 valence electrons. The highest BCUT2D eigenvalue weighted by molar-refractivity contribution is 6.31. The molecule has 3 aromatic carbocycles. The topological polar surface area (TPSA) is 99.2 Å². The number of benzene rings is 3. The van der Waals surface area contributed by atoms with Gasteiger partial charge in [-0.2, -0.15) is 0 Å². The summed E-state index contributed by atoms with van der Waals surface area (Å²) in [5.74, 6) is -0.903. The lowest BCUT2D eigenvalue weighted by Gasteiger charge is -2.37. The summed E-state index contributed by atoms with van der Waals surface area (Å²) in [5.41, 5.74) is 2.27. The van der Waals surface area contributed by atoms with Crippen molar-refractivity contribution in [2.75, 3.05) is 23.4 Å². The Bertz CT molecular complexity index is 1460. The molecule has 3 aromatic rings. The van der Waals surface area contributed by atoms with Crippen LogP contribution in [0.1, 0.15) is 34.8 Å². The zero-order valence-electron chi connectivity index (χ0n) is 20.7. The molecule has 3 atom stereocenters. The minimum atomic E-state index is -1.02. The van der Waals surface area contributed by atoms with Crippen LogP contribution in [0.25, 0.3) is 0 Å². The van der Waals surface area contributed by atoms with Gasteiger partial charge in [0.25, 0.3) is 0 Å². The summed E-state index contributed by atoms with van der Waals surface area (Å²) >= 11 is 6.24. The Morgan fingerprint density at radius 2 is 1.92 bits per heavy atom. The molecule has 1 spiro atoms. The number of fused-ring (bicyclic) bond motifs is 3. The molecule has 0 aromatic heterocycles. The second-order valence-corrected chi connectivity index (χ2v) is 10.3. The predicted octanol–water partition coefficient (Wildman–Crippen LogP) is 4.52. The fourth-order valence-electron chi connectivity index (χ4n) is 6.21. The molecular weight excluding hydrogens is 506 g/mol. The first-order chi connectivity index (χ1) is 18.3. The van der Waals surface area contributed by atoms with Gasteiger partial charge >= 0.3 is 5.97 Å². The van der Waals surface area contributed by atoms with Gasteiger partial charge in [-0.25, -0.2) is 4.79 Å². The molecule has 6 rings (SSSR count). The van der Waals surface area contributed by atoms with Crippen LogP contribution in [0, 0.1) is 5.92 Å². The molecular formula is C29H26ClN3O5. The van der Waals surface area contributed by atoms with E-state index in [2.05, 4.69) is 10.2 Å². The number of hydrogen-bond acceptors (Lipinski definition) is 5. The van der Waals surface area contributed by atoms with Crippen LogP contribution in [0.4, 0.5) is 11.4 Å². The van der Waals surface area contributed by atoms with Gasteiger partial charge in [0.1, 0.15) is 11.3 Å². The summed E-state index contributed by atoms with van der Waals surface area (Å²) in [4.78, 5) is 42.6. The molecule has 9 heteroatoms. The minimum absolute atomic E-state index is 0.0711. The van der Waals surface area contributed by atoms with E-state index in [9.17, 15) is 19.5 Å². The third kappa shape index (κ3) is 3.75. The van der Waals surface area contributed by atoms with Gasteiger partial charge in [0.15, 0.2) is 0 Å².